The summed E-state index contributed by atoms with van der Waals surface area (Å²) in [7, 11) is 3.26. The number of benzene rings is 2. The van der Waals surface area contributed by atoms with Crippen molar-refractivity contribution >= 4 is 27.4 Å². The lowest BCUT2D eigenvalue weighted by Crippen LogP contribution is -2.04. The first-order chi connectivity index (χ1) is 13.7. The van der Waals surface area contributed by atoms with Gasteiger partial charge in [0.1, 0.15) is 17.3 Å². The number of nitrogens with zero attached hydrogens (tertiary/aromatic N) is 1. The molecule has 0 amide bonds. The monoisotopic (exact) mass is 397 g/mol. The van der Waals surface area contributed by atoms with Gasteiger partial charge in [0.2, 0.25) is 0 Å². The Bertz CT molecular complexity index is 1110. The molecule has 2 heterocycles. The van der Waals surface area contributed by atoms with Crippen LogP contribution in [-0.4, -0.2) is 30.7 Å². The van der Waals surface area contributed by atoms with E-state index in [1.807, 2.05) is 35.8 Å². The summed E-state index contributed by atoms with van der Waals surface area (Å²) >= 11 is 1.55. The average molecular weight is 397 g/mol. The number of aromatic amines is 1. The smallest absolute Gasteiger partial charge is 0.183 e. The van der Waals surface area contributed by atoms with Crippen LogP contribution in [0.2, 0.25) is 0 Å². The van der Waals surface area contributed by atoms with Crippen molar-refractivity contribution in [3.05, 3.63) is 59.4 Å². The molecule has 2 N–H and O–H groups in total. The Hall–Kier alpha value is -3.06. The molecule has 0 aliphatic carbocycles. The van der Waals surface area contributed by atoms with Crippen LogP contribution in [0.3, 0.4) is 0 Å². The molecule has 2 aromatic heterocycles. The topological polar surface area (TPSA) is 59.2 Å². The first-order valence-corrected chi connectivity index (χ1v) is 9.73. The standard InChI is InChI=1S/C21H20FN3O2S/c1-26-15-4-6-17(20(10-15)27-2)19-12-28-21(25-19)23-8-7-13-11-24-18-9-14(22)3-5-16(13)18/h3-6,9-12,24H,7-8H2,1-2H3,(H,23,25). The van der Waals surface area contributed by atoms with Crippen molar-refractivity contribution in [2.75, 3.05) is 26.1 Å². The predicted octanol–water partition coefficient (Wildman–Crippen LogP) is 5.10. The summed E-state index contributed by atoms with van der Waals surface area (Å²) in [5, 5.41) is 7.26. The van der Waals surface area contributed by atoms with Crippen LogP contribution >= 0.6 is 11.3 Å². The normalized spacial score (nSPS) is 11.0. The Labute approximate surface area is 166 Å². The fourth-order valence-electron chi connectivity index (χ4n) is 3.16. The first kappa shape index (κ1) is 18.3. The maximum absolute atomic E-state index is 13.3. The highest BCUT2D eigenvalue weighted by molar-refractivity contribution is 7.14. The van der Waals surface area contributed by atoms with E-state index in [1.54, 1.807) is 25.6 Å². The van der Waals surface area contributed by atoms with E-state index in [0.717, 1.165) is 57.3 Å². The number of halogens is 1. The van der Waals surface area contributed by atoms with Crippen molar-refractivity contribution in [2.24, 2.45) is 0 Å². The number of rotatable bonds is 7. The second-order valence-electron chi connectivity index (χ2n) is 6.28. The Morgan fingerprint density at radius 1 is 1.14 bits per heavy atom. The van der Waals surface area contributed by atoms with Crippen LogP contribution in [0.4, 0.5) is 9.52 Å². The molecule has 144 valence electrons. The van der Waals surface area contributed by atoms with Gasteiger partial charge in [0, 0.05) is 40.7 Å². The minimum Gasteiger partial charge on any atom is -0.497 e. The number of aromatic nitrogens is 2. The molecule has 5 nitrogen and oxygen atoms in total. The van der Waals surface area contributed by atoms with Crippen molar-refractivity contribution in [3.63, 3.8) is 0 Å². The lowest BCUT2D eigenvalue weighted by Gasteiger charge is -2.08. The first-order valence-electron chi connectivity index (χ1n) is 8.85. The quantitative estimate of drug-likeness (QED) is 0.455. The maximum atomic E-state index is 13.3. The minimum absolute atomic E-state index is 0.233. The van der Waals surface area contributed by atoms with E-state index in [4.69, 9.17) is 9.47 Å². The number of hydrogen-bond donors (Lipinski definition) is 2. The van der Waals surface area contributed by atoms with Crippen LogP contribution in [0.5, 0.6) is 11.5 Å². The summed E-state index contributed by atoms with van der Waals surface area (Å²) in [5.41, 5.74) is 3.75. The van der Waals surface area contributed by atoms with E-state index >= 15 is 0 Å². The molecule has 0 fully saturated rings. The van der Waals surface area contributed by atoms with Crippen molar-refractivity contribution in [1.29, 1.82) is 0 Å². The highest BCUT2D eigenvalue weighted by Crippen LogP contribution is 2.34. The van der Waals surface area contributed by atoms with E-state index in [2.05, 4.69) is 15.3 Å². The molecule has 0 atom stereocenters. The number of thiazole rings is 1. The van der Waals surface area contributed by atoms with Crippen LogP contribution < -0.4 is 14.8 Å². The van der Waals surface area contributed by atoms with Gasteiger partial charge in [-0.05, 0) is 42.3 Å². The van der Waals surface area contributed by atoms with Gasteiger partial charge in [-0.25, -0.2) is 9.37 Å². The molecule has 4 rings (SSSR count). The Kier molecular flexibility index (Phi) is 5.16. The summed E-state index contributed by atoms with van der Waals surface area (Å²) in [4.78, 5) is 7.79. The number of H-pyrrole nitrogens is 1. The van der Waals surface area contributed by atoms with Gasteiger partial charge in [-0.2, -0.15) is 0 Å². The molecular weight excluding hydrogens is 377 g/mol. The second-order valence-corrected chi connectivity index (χ2v) is 7.14. The lowest BCUT2D eigenvalue weighted by atomic mass is 10.1. The summed E-state index contributed by atoms with van der Waals surface area (Å²) in [6.07, 6.45) is 2.74. The molecular formula is C21H20FN3O2S. The van der Waals surface area contributed by atoms with Gasteiger partial charge in [0.25, 0.3) is 0 Å². The Balaban J connectivity index is 1.44. The average Bonchev–Trinajstić information content (AvgIpc) is 3.34. The molecule has 0 bridgehead atoms. The van der Waals surface area contributed by atoms with Crippen LogP contribution in [0.25, 0.3) is 22.2 Å². The van der Waals surface area contributed by atoms with E-state index in [1.165, 1.54) is 12.1 Å². The number of fused-ring (bicyclic) bond motifs is 1. The van der Waals surface area contributed by atoms with Crippen LogP contribution in [0.15, 0.2) is 48.0 Å². The zero-order chi connectivity index (χ0) is 19.5. The zero-order valence-electron chi connectivity index (χ0n) is 15.6. The molecule has 0 spiro atoms. The molecule has 0 radical (unpaired) electrons. The molecule has 2 aromatic carbocycles. The van der Waals surface area contributed by atoms with Gasteiger partial charge < -0.3 is 19.8 Å². The van der Waals surface area contributed by atoms with Crippen molar-refractivity contribution in [2.45, 2.75) is 6.42 Å². The highest BCUT2D eigenvalue weighted by Gasteiger charge is 2.11. The van der Waals surface area contributed by atoms with E-state index in [0.29, 0.717) is 0 Å². The number of nitrogens with one attached hydrogen (secondary N) is 2. The van der Waals surface area contributed by atoms with Crippen LogP contribution in [0.1, 0.15) is 5.56 Å². The van der Waals surface area contributed by atoms with Crippen molar-refractivity contribution in [1.82, 2.24) is 9.97 Å². The maximum Gasteiger partial charge on any atom is 0.183 e. The summed E-state index contributed by atoms with van der Waals surface area (Å²) < 4.78 is 24.0. The van der Waals surface area contributed by atoms with Crippen LogP contribution in [-0.2, 0) is 6.42 Å². The van der Waals surface area contributed by atoms with Gasteiger partial charge in [-0.15, -0.1) is 11.3 Å². The van der Waals surface area contributed by atoms with Crippen molar-refractivity contribution in [3.8, 4) is 22.8 Å². The molecule has 0 saturated carbocycles. The number of methoxy groups -OCH3 is 2. The highest BCUT2D eigenvalue weighted by atomic mass is 32.1. The zero-order valence-corrected chi connectivity index (χ0v) is 16.4. The van der Waals surface area contributed by atoms with Gasteiger partial charge in [0.15, 0.2) is 5.13 Å². The molecule has 4 aromatic rings. The minimum atomic E-state index is -0.233. The third-order valence-electron chi connectivity index (χ3n) is 4.59. The fraction of sp³-hybridized carbons (Fsp3) is 0.190. The number of anilines is 1. The van der Waals surface area contributed by atoms with Gasteiger partial charge in [-0.3, -0.25) is 0 Å². The lowest BCUT2D eigenvalue weighted by molar-refractivity contribution is 0.395. The Morgan fingerprint density at radius 2 is 2.04 bits per heavy atom. The number of hydrogen-bond acceptors (Lipinski definition) is 5. The summed E-state index contributed by atoms with van der Waals surface area (Å²) in [5.74, 6) is 1.23. The molecule has 0 unspecified atom stereocenters. The predicted molar refractivity (Wildman–Crippen MR) is 111 cm³/mol. The fourth-order valence-corrected chi connectivity index (χ4v) is 3.90. The summed E-state index contributed by atoms with van der Waals surface area (Å²) in [6.45, 7) is 0.733. The van der Waals surface area contributed by atoms with Gasteiger partial charge in [0.05, 0.1) is 19.9 Å². The second kappa shape index (κ2) is 7.90. The molecule has 0 aliphatic rings. The summed E-state index contributed by atoms with van der Waals surface area (Å²) in [6, 6.07) is 10.5. The molecule has 7 heteroatoms. The van der Waals surface area contributed by atoms with E-state index in [-0.39, 0.29) is 5.82 Å². The third-order valence-corrected chi connectivity index (χ3v) is 5.39. The SMILES string of the molecule is COc1ccc(-c2csc(NCCc3c[nH]c4cc(F)ccc34)n2)c(OC)c1. The number of ether oxygens (including phenoxy) is 2. The van der Waals surface area contributed by atoms with E-state index < -0.39 is 0 Å². The third kappa shape index (κ3) is 3.66. The largest absolute Gasteiger partial charge is 0.497 e. The van der Waals surface area contributed by atoms with Crippen molar-refractivity contribution < 1.29 is 13.9 Å². The molecule has 0 aliphatic heterocycles. The van der Waals surface area contributed by atoms with E-state index in [9.17, 15) is 4.39 Å². The Morgan fingerprint density at radius 3 is 2.86 bits per heavy atom. The molecule has 28 heavy (non-hydrogen) atoms. The van der Waals surface area contributed by atoms with Gasteiger partial charge in [-0.1, -0.05) is 0 Å². The molecule has 0 saturated heterocycles. The van der Waals surface area contributed by atoms with Gasteiger partial charge >= 0.3 is 0 Å². The van der Waals surface area contributed by atoms with Crippen LogP contribution in [0, 0.1) is 5.82 Å².